The monoisotopic (exact) mass is 290 g/mol. The first-order valence-electron chi connectivity index (χ1n) is 6.61. The molecule has 2 rings (SSSR count). The Morgan fingerprint density at radius 3 is 2.55 bits per heavy atom. The van der Waals surface area contributed by atoms with Gasteiger partial charge < -0.3 is 10.2 Å². The van der Waals surface area contributed by atoms with Gasteiger partial charge in [0.1, 0.15) is 0 Å². The highest BCUT2D eigenvalue weighted by atomic mass is 32.2. The smallest absolute Gasteiger partial charge is 0.236 e. The number of carbonyl (C=O) groups is 1. The molecule has 106 valence electrons. The van der Waals surface area contributed by atoms with Gasteiger partial charge in [-0.25, -0.2) is 0 Å². The second-order valence-corrected chi connectivity index (χ2v) is 5.21. The van der Waals surface area contributed by atoms with E-state index in [1.807, 2.05) is 12.1 Å². The zero-order valence-corrected chi connectivity index (χ0v) is 12.5. The zero-order chi connectivity index (χ0) is 14.4. The normalized spacial score (nSPS) is 16.9. The van der Waals surface area contributed by atoms with E-state index in [2.05, 4.69) is 46.4 Å². The minimum Gasteiger partial charge on any atom is -0.372 e. The van der Waals surface area contributed by atoms with E-state index in [-0.39, 0.29) is 5.91 Å². The Bertz CT molecular complexity index is 520. The molecule has 1 fully saturated rings. The lowest BCUT2D eigenvalue weighted by Gasteiger charge is -2.20. The summed E-state index contributed by atoms with van der Waals surface area (Å²) in [6.45, 7) is 6.27. The first kappa shape index (κ1) is 14.6. The van der Waals surface area contributed by atoms with Crippen molar-refractivity contribution in [2.75, 3.05) is 23.7 Å². The van der Waals surface area contributed by atoms with Gasteiger partial charge in [-0.05, 0) is 31.5 Å². The summed E-state index contributed by atoms with van der Waals surface area (Å²) in [6.07, 6.45) is 1.68. The van der Waals surface area contributed by atoms with Crippen LogP contribution in [0.2, 0.25) is 0 Å². The summed E-state index contributed by atoms with van der Waals surface area (Å²) >= 11 is 1.37. The third-order valence-corrected chi connectivity index (χ3v) is 3.83. The van der Waals surface area contributed by atoms with Gasteiger partial charge in [-0.15, -0.1) is 5.10 Å². The summed E-state index contributed by atoms with van der Waals surface area (Å²) in [5.74, 6) is 0.403. The van der Waals surface area contributed by atoms with Crippen LogP contribution in [-0.2, 0) is 4.79 Å². The van der Waals surface area contributed by atoms with Gasteiger partial charge in [0.05, 0.1) is 12.0 Å². The van der Waals surface area contributed by atoms with Gasteiger partial charge in [-0.3, -0.25) is 4.79 Å². The number of hydrogen-bond donors (Lipinski definition) is 1. The van der Waals surface area contributed by atoms with E-state index in [0.717, 1.165) is 18.7 Å². The minimum absolute atomic E-state index is 0.0208. The van der Waals surface area contributed by atoms with E-state index in [0.29, 0.717) is 10.9 Å². The van der Waals surface area contributed by atoms with E-state index >= 15 is 0 Å². The van der Waals surface area contributed by atoms with E-state index in [1.54, 1.807) is 6.21 Å². The van der Waals surface area contributed by atoms with E-state index < -0.39 is 0 Å². The van der Waals surface area contributed by atoms with Crippen LogP contribution in [0.4, 0.5) is 5.69 Å². The maximum absolute atomic E-state index is 11.0. The SMILES string of the molecule is CCN(CC)c1ccc(C=NN=C2NC(=O)CS2)cc1. The van der Waals surface area contributed by atoms with Gasteiger partial charge in [0, 0.05) is 18.8 Å². The molecule has 5 nitrogen and oxygen atoms in total. The molecule has 1 amide bonds. The topological polar surface area (TPSA) is 57.1 Å². The third kappa shape index (κ3) is 3.84. The van der Waals surface area contributed by atoms with Crippen LogP contribution in [0.25, 0.3) is 0 Å². The van der Waals surface area contributed by atoms with Gasteiger partial charge in [0.25, 0.3) is 0 Å². The van der Waals surface area contributed by atoms with E-state index in [4.69, 9.17) is 0 Å². The largest absolute Gasteiger partial charge is 0.372 e. The van der Waals surface area contributed by atoms with Crippen molar-refractivity contribution < 1.29 is 4.79 Å². The summed E-state index contributed by atoms with van der Waals surface area (Å²) in [4.78, 5) is 13.3. The molecular formula is C14H18N4OS. The number of benzene rings is 1. The van der Waals surface area contributed by atoms with Crippen LogP contribution in [0.1, 0.15) is 19.4 Å². The fourth-order valence-corrected chi connectivity index (χ4v) is 2.52. The lowest BCUT2D eigenvalue weighted by atomic mass is 10.2. The van der Waals surface area contributed by atoms with Crippen LogP contribution in [0.5, 0.6) is 0 Å². The molecule has 0 aliphatic carbocycles. The molecule has 1 heterocycles. The van der Waals surface area contributed by atoms with E-state index in [9.17, 15) is 4.79 Å². The summed E-state index contributed by atoms with van der Waals surface area (Å²) in [5.41, 5.74) is 2.19. The molecule has 0 bridgehead atoms. The third-order valence-electron chi connectivity index (χ3n) is 2.96. The first-order valence-corrected chi connectivity index (χ1v) is 7.60. The van der Waals surface area contributed by atoms with Crippen molar-refractivity contribution in [2.24, 2.45) is 10.2 Å². The highest BCUT2D eigenvalue weighted by Gasteiger charge is 2.15. The zero-order valence-electron chi connectivity index (χ0n) is 11.7. The number of thioether (sulfide) groups is 1. The number of nitrogens with zero attached hydrogens (tertiary/aromatic N) is 3. The number of anilines is 1. The van der Waals surface area contributed by atoms with Crippen LogP contribution in [-0.4, -0.2) is 36.1 Å². The summed E-state index contributed by atoms with van der Waals surface area (Å²) in [7, 11) is 0. The fraction of sp³-hybridized carbons (Fsp3) is 0.357. The molecule has 6 heteroatoms. The number of hydrogen-bond acceptors (Lipinski definition) is 5. The van der Waals surface area contributed by atoms with Gasteiger partial charge in [-0.2, -0.15) is 5.10 Å². The molecular weight excluding hydrogens is 272 g/mol. The lowest BCUT2D eigenvalue weighted by molar-refractivity contribution is -0.116. The van der Waals surface area contributed by atoms with Crippen LogP contribution < -0.4 is 10.2 Å². The highest BCUT2D eigenvalue weighted by Crippen LogP contribution is 2.14. The predicted octanol–water partition coefficient (Wildman–Crippen LogP) is 2.09. The van der Waals surface area contributed by atoms with Crippen molar-refractivity contribution in [1.29, 1.82) is 0 Å². The lowest BCUT2D eigenvalue weighted by Crippen LogP contribution is -2.21. The fourth-order valence-electron chi connectivity index (χ4n) is 1.89. The molecule has 0 unspecified atom stereocenters. The van der Waals surface area contributed by atoms with Gasteiger partial charge in [0.15, 0.2) is 5.17 Å². The molecule has 20 heavy (non-hydrogen) atoms. The first-order chi connectivity index (χ1) is 9.72. The Balaban J connectivity index is 1.98. The summed E-state index contributed by atoms with van der Waals surface area (Å²) in [5, 5.41) is 11.1. The van der Waals surface area contributed by atoms with Crippen molar-refractivity contribution in [3.63, 3.8) is 0 Å². The van der Waals surface area contributed by atoms with Crippen molar-refractivity contribution in [3.05, 3.63) is 29.8 Å². The average molecular weight is 290 g/mol. The number of nitrogens with one attached hydrogen (secondary N) is 1. The molecule has 1 aliphatic rings. The Labute approximate surface area is 123 Å². The molecule has 0 spiro atoms. The van der Waals surface area contributed by atoms with Crippen LogP contribution in [0.3, 0.4) is 0 Å². The molecule has 1 saturated heterocycles. The molecule has 1 N–H and O–H groups in total. The Hall–Kier alpha value is -1.82. The molecule has 1 aliphatic heterocycles. The quantitative estimate of drug-likeness (QED) is 0.667. The molecule has 0 aromatic heterocycles. The molecule has 1 aromatic rings. The average Bonchev–Trinajstić information content (AvgIpc) is 2.87. The maximum atomic E-state index is 11.0. The van der Waals surface area contributed by atoms with Gasteiger partial charge >= 0.3 is 0 Å². The molecule has 0 atom stereocenters. The van der Waals surface area contributed by atoms with Crippen molar-refractivity contribution in [1.82, 2.24) is 5.32 Å². The second kappa shape index (κ2) is 7.09. The van der Waals surface area contributed by atoms with Crippen LogP contribution in [0.15, 0.2) is 34.5 Å². The number of amidine groups is 1. The predicted molar refractivity (Wildman–Crippen MR) is 85.6 cm³/mol. The standard InChI is InChI=1S/C14H18N4OS/c1-3-18(4-2)12-7-5-11(6-8-12)9-15-17-14-16-13(19)10-20-14/h5-9H,3-4,10H2,1-2H3,(H,16,17,19). The molecule has 0 saturated carbocycles. The van der Waals surface area contributed by atoms with Crippen LogP contribution in [0, 0.1) is 0 Å². The molecule has 1 aromatic carbocycles. The molecule has 0 radical (unpaired) electrons. The minimum atomic E-state index is -0.0208. The number of rotatable bonds is 5. The van der Waals surface area contributed by atoms with Crippen molar-refractivity contribution in [2.45, 2.75) is 13.8 Å². The Morgan fingerprint density at radius 1 is 1.30 bits per heavy atom. The summed E-state index contributed by atoms with van der Waals surface area (Å²) in [6, 6.07) is 8.18. The van der Waals surface area contributed by atoms with Gasteiger partial charge in [-0.1, -0.05) is 23.9 Å². The van der Waals surface area contributed by atoms with E-state index in [1.165, 1.54) is 17.4 Å². The van der Waals surface area contributed by atoms with Crippen molar-refractivity contribution in [3.8, 4) is 0 Å². The number of amides is 1. The van der Waals surface area contributed by atoms with Crippen molar-refractivity contribution >= 4 is 34.7 Å². The highest BCUT2D eigenvalue weighted by molar-refractivity contribution is 8.15. The Kier molecular flexibility index (Phi) is 5.17. The maximum Gasteiger partial charge on any atom is 0.236 e. The number of carbonyl (C=O) groups excluding carboxylic acids is 1. The van der Waals surface area contributed by atoms with Gasteiger partial charge in [0.2, 0.25) is 5.91 Å². The summed E-state index contributed by atoms with van der Waals surface area (Å²) < 4.78 is 0. The second-order valence-electron chi connectivity index (χ2n) is 4.25. The Morgan fingerprint density at radius 2 is 2.00 bits per heavy atom. The van der Waals surface area contributed by atoms with Crippen LogP contribution >= 0.6 is 11.8 Å².